The Labute approximate surface area is 118 Å². The summed E-state index contributed by atoms with van der Waals surface area (Å²) in [6.45, 7) is 6.83. The first kappa shape index (κ1) is 16.1. The Hall–Kier alpha value is -0.980. The first-order valence-corrected chi connectivity index (χ1v) is 7.33. The van der Waals surface area contributed by atoms with Gasteiger partial charge in [-0.2, -0.15) is 0 Å². The zero-order valence-corrected chi connectivity index (χ0v) is 12.6. The number of nitrogens with one attached hydrogen (secondary N) is 1. The first-order chi connectivity index (χ1) is 8.84. The molecule has 0 aliphatic rings. The minimum atomic E-state index is -0.373. The van der Waals surface area contributed by atoms with Crippen LogP contribution in [0.2, 0.25) is 0 Å². The zero-order valence-electron chi connectivity index (χ0n) is 11.8. The van der Waals surface area contributed by atoms with Gasteiger partial charge in [0.15, 0.2) is 0 Å². The summed E-state index contributed by atoms with van der Waals surface area (Å²) in [6, 6.07) is 0. The van der Waals surface area contributed by atoms with Crippen LogP contribution < -0.4 is 11.1 Å². The van der Waals surface area contributed by atoms with Gasteiger partial charge in [-0.05, 0) is 25.3 Å². The molecule has 0 saturated carbocycles. The van der Waals surface area contributed by atoms with Gasteiger partial charge in [-0.3, -0.25) is 4.79 Å². The van der Waals surface area contributed by atoms with Gasteiger partial charge in [-0.1, -0.05) is 13.8 Å². The molecule has 0 aromatic carbocycles. The zero-order chi connectivity index (χ0) is 14.5. The summed E-state index contributed by atoms with van der Waals surface area (Å²) in [5.74, 6) is -0.168. The van der Waals surface area contributed by atoms with Crippen LogP contribution in [-0.4, -0.2) is 35.2 Å². The van der Waals surface area contributed by atoms with Gasteiger partial charge < -0.3 is 16.2 Å². The van der Waals surface area contributed by atoms with E-state index in [4.69, 9.17) is 5.73 Å². The molecule has 5 nitrogen and oxygen atoms in total. The predicted octanol–water partition coefficient (Wildman–Crippen LogP) is 1.17. The molecule has 1 amide bonds. The molecule has 108 valence electrons. The quantitative estimate of drug-likeness (QED) is 0.701. The maximum Gasteiger partial charge on any atom is 0.270 e. The average Bonchev–Trinajstić information content (AvgIpc) is 2.73. The van der Waals surface area contributed by atoms with E-state index in [9.17, 15) is 9.90 Å². The van der Waals surface area contributed by atoms with Gasteiger partial charge >= 0.3 is 0 Å². The van der Waals surface area contributed by atoms with Crippen LogP contribution in [0.3, 0.4) is 0 Å². The lowest BCUT2D eigenvalue weighted by molar-refractivity contribution is 0.0898. The van der Waals surface area contributed by atoms with E-state index in [0.717, 1.165) is 5.01 Å². The molecule has 1 unspecified atom stereocenters. The third-order valence-corrected chi connectivity index (χ3v) is 3.63. The monoisotopic (exact) mass is 285 g/mol. The van der Waals surface area contributed by atoms with Gasteiger partial charge in [0.25, 0.3) is 5.91 Å². The lowest BCUT2D eigenvalue weighted by atomic mass is 9.87. The van der Waals surface area contributed by atoms with E-state index in [1.807, 2.05) is 13.8 Å². The fourth-order valence-corrected chi connectivity index (χ4v) is 2.73. The average molecular weight is 285 g/mol. The molecular weight excluding hydrogens is 262 g/mol. The van der Waals surface area contributed by atoms with Crippen molar-refractivity contribution in [3.8, 4) is 0 Å². The van der Waals surface area contributed by atoms with Crippen LogP contribution in [0.4, 0.5) is 0 Å². The minimum absolute atomic E-state index is 0.139. The SMILES string of the molecule is CC(O)CC(C)(C)CNC(=O)c1csc(CCN)n1. The molecular formula is C13H23N3O2S. The van der Waals surface area contributed by atoms with Crippen molar-refractivity contribution in [3.05, 3.63) is 16.1 Å². The van der Waals surface area contributed by atoms with E-state index in [1.165, 1.54) is 11.3 Å². The van der Waals surface area contributed by atoms with E-state index in [0.29, 0.717) is 31.6 Å². The molecule has 0 saturated heterocycles. The number of aliphatic hydroxyl groups excluding tert-OH is 1. The van der Waals surface area contributed by atoms with Crippen molar-refractivity contribution in [2.45, 2.75) is 39.7 Å². The lowest BCUT2D eigenvalue weighted by Gasteiger charge is -2.26. The number of amides is 1. The number of rotatable bonds is 7. The van der Waals surface area contributed by atoms with Gasteiger partial charge in [-0.25, -0.2) is 4.98 Å². The fourth-order valence-electron chi connectivity index (χ4n) is 1.94. The number of hydrogen-bond acceptors (Lipinski definition) is 5. The molecule has 4 N–H and O–H groups in total. The van der Waals surface area contributed by atoms with E-state index in [2.05, 4.69) is 10.3 Å². The highest BCUT2D eigenvalue weighted by Gasteiger charge is 2.22. The normalized spacial score (nSPS) is 13.3. The molecule has 0 aliphatic carbocycles. The standard InChI is InChI=1S/C13H23N3O2S/c1-9(17)6-13(2,3)8-15-12(18)10-7-19-11(16-10)4-5-14/h7,9,17H,4-6,8,14H2,1-3H3,(H,15,18). The van der Waals surface area contributed by atoms with E-state index in [1.54, 1.807) is 12.3 Å². The highest BCUT2D eigenvalue weighted by molar-refractivity contribution is 7.09. The van der Waals surface area contributed by atoms with Gasteiger partial charge in [0.2, 0.25) is 0 Å². The number of nitrogens with zero attached hydrogens (tertiary/aromatic N) is 1. The van der Waals surface area contributed by atoms with Crippen molar-refractivity contribution >= 4 is 17.2 Å². The Morgan fingerprint density at radius 3 is 2.89 bits per heavy atom. The number of nitrogens with two attached hydrogens (primary N) is 1. The molecule has 6 heteroatoms. The van der Waals surface area contributed by atoms with Crippen LogP contribution >= 0.6 is 11.3 Å². The Kier molecular flexibility index (Phi) is 5.90. The summed E-state index contributed by atoms with van der Waals surface area (Å²) in [7, 11) is 0. The summed E-state index contributed by atoms with van der Waals surface area (Å²) >= 11 is 1.45. The number of thiazole rings is 1. The summed E-state index contributed by atoms with van der Waals surface area (Å²) in [6.07, 6.45) is 0.969. The topological polar surface area (TPSA) is 88.2 Å². The van der Waals surface area contributed by atoms with Crippen LogP contribution in [0.1, 0.15) is 42.7 Å². The van der Waals surface area contributed by atoms with Gasteiger partial charge in [0.05, 0.1) is 11.1 Å². The van der Waals surface area contributed by atoms with E-state index in [-0.39, 0.29) is 17.4 Å². The largest absolute Gasteiger partial charge is 0.393 e. The maximum atomic E-state index is 11.9. The maximum absolute atomic E-state index is 11.9. The van der Waals surface area contributed by atoms with Crippen LogP contribution in [0.15, 0.2) is 5.38 Å². The van der Waals surface area contributed by atoms with Crippen LogP contribution in [0, 0.1) is 5.41 Å². The molecule has 0 aliphatic heterocycles. The molecule has 0 fully saturated rings. The molecule has 0 bridgehead atoms. The molecule has 1 heterocycles. The Morgan fingerprint density at radius 1 is 1.63 bits per heavy atom. The summed E-state index contributed by atoms with van der Waals surface area (Å²) in [5.41, 5.74) is 5.76. The van der Waals surface area contributed by atoms with Crippen LogP contribution in [-0.2, 0) is 6.42 Å². The number of aliphatic hydroxyl groups is 1. The van der Waals surface area contributed by atoms with Gasteiger partial charge in [-0.15, -0.1) is 11.3 Å². The third kappa shape index (κ3) is 5.67. The van der Waals surface area contributed by atoms with E-state index >= 15 is 0 Å². The van der Waals surface area contributed by atoms with Crippen molar-refractivity contribution < 1.29 is 9.90 Å². The number of carbonyl (C=O) groups is 1. The van der Waals surface area contributed by atoms with Crippen molar-refractivity contribution in [2.75, 3.05) is 13.1 Å². The van der Waals surface area contributed by atoms with Crippen molar-refractivity contribution in [1.82, 2.24) is 10.3 Å². The second-order valence-corrected chi connectivity index (χ2v) is 6.51. The highest BCUT2D eigenvalue weighted by atomic mass is 32.1. The van der Waals surface area contributed by atoms with Crippen LogP contribution in [0.5, 0.6) is 0 Å². The molecule has 1 aromatic rings. The number of hydrogen-bond donors (Lipinski definition) is 3. The second kappa shape index (κ2) is 6.98. The van der Waals surface area contributed by atoms with Crippen molar-refractivity contribution in [2.24, 2.45) is 11.1 Å². The van der Waals surface area contributed by atoms with Crippen molar-refractivity contribution in [1.29, 1.82) is 0 Å². The molecule has 0 spiro atoms. The molecule has 0 radical (unpaired) electrons. The summed E-state index contributed by atoms with van der Waals surface area (Å²) in [4.78, 5) is 16.2. The van der Waals surface area contributed by atoms with Crippen LogP contribution in [0.25, 0.3) is 0 Å². The predicted molar refractivity (Wildman–Crippen MR) is 77.3 cm³/mol. The minimum Gasteiger partial charge on any atom is -0.393 e. The summed E-state index contributed by atoms with van der Waals surface area (Å²) in [5, 5.41) is 14.9. The summed E-state index contributed by atoms with van der Waals surface area (Å²) < 4.78 is 0. The highest BCUT2D eigenvalue weighted by Crippen LogP contribution is 2.21. The van der Waals surface area contributed by atoms with E-state index < -0.39 is 0 Å². The van der Waals surface area contributed by atoms with Gasteiger partial charge in [0.1, 0.15) is 5.69 Å². The Bertz CT molecular complexity index is 416. The smallest absolute Gasteiger partial charge is 0.270 e. The third-order valence-electron chi connectivity index (χ3n) is 2.72. The molecule has 1 atom stereocenters. The first-order valence-electron chi connectivity index (χ1n) is 6.45. The number of carbonyl (C=O) groups excluding carboxylic acids is 1. The Balaban J connectivity index is 2.50. The lowest BCUT2D eigenvalue weighted by Crippen LogP contribution is -2.35. The number of aromatic nitrogens is 1. The Morgan fingerprint density at radius 2 is 2.32 bits per heavy atom. The molecule has 19 heavy (non-hydrogen) atoms. The fraction of sp³-hybridized carbons (Fsp3) is 0.692. The van der Waals surface area contributed by atoms with Crippen molar-refractivity contribution in [3.63, 3.8) is 0 Å². The molecule has 1 rings (SSSR count). The second-order valence-electron chi connectivity index (χ2n) is 5.57. The molecule has 1 aromatic heterocycles. The van der Waals surface area contributed by atoms with Gasteiger partial charge in [0, 0.05) is 18.3 Å².